The largest absolute Gasteiger partial charge is 0.416 e. The first kappa shape index (κ1) is 14.4. The van der Waals surface area contributed by atoms with Crippen LogP contribution in [0.25, 0.3) is 0 Å². The Kier molecular flexibility index (Phi) is 4.29. The minimum Gasteiger partial charge on any atom is -0.387 e. The van der Waals surface area contributed by atoms with Gasteiger partial charge in [-0.05, 0) is 29.8 Å². The highest BCUT2D eigenvalue weighted by molar-refractivity contribution is 5.45. The van der Waals surface area contributed by atoms with E-state index in [0.29, 0.717) is 5.69 Å². The lowest BCUT2D eigenvalue weighted by Gasteiger charge is -2.14. The third-order valence-corrected chi connectivity index (χ3v) is 2.90. The molecule has 0 heterocycles. The summed E-state index contributed by atoms with van der Waals surface area (Å²) in [4.78, 5) is 0. The summed E-state index contributed by atoms with van der Waals surface area (Å²) in [5, 5.41) is 12.8. The molecule has 0 saturated carbocycles. The Morgan fingerprint density at radius 2 is 1.55 bits per heavy atom. The van der Waals surface area contributed by atoms with E-state index in [2.05, 4.69) is 5.32 Å². The average Bonchev–Trinajstić information content (AvgIpc) is 2.45. The fourth-order valence-corrected chi connectivity index (χ4v) is 1.78. The minimum atomic E-state index is -4.33. The SMILES string of the molecule is OC(CNc1ccc(C(F)(F)F)cc1)c1ccccc1. The number of nitrogens with one attached hydrogen (secondary N) is 1. The van der Waals surface area contributed by atoms with Gasteiger partial charge in [-0.2, -0.15) is 13.2 Å². The van der Waals surface area contributed by atoms with E-state index in [1.165, 1.54) is 12.1 Å². The van der Waals surface area contributed by atoms with Crippen LogP contribution in [-0.2, 0) is 6.18 Å². The smallest absolute Gasteiger partial charge is 0.387 e. The van der Waals surface area contributed by atoms with Crippen LogP contribution in [0.15, 0.2) is 54.6 Å². The fraction of sp³-hybridized carbons (Fsp3) is 0.200. The van der Waals surface area contributed by atoms with Gasteiger partial charge in [0.05, 0.1) is 11.7 Å². The molecule has 0 aliphatic rings. The van der Waals surface area contributed by atoms with Crippen molar-refractivity contribution >= 4 is 5.69 Å². The Morgan fingerprint density at radius 3 is 2.10 bits per heavy atom. The van der Waals surface area contributed by atoms with Crippen molar-refractivity contribution in [3.63, 3.8) is 0 Å². The molecule has 0 bridgehead atoms. The van der Waals surface area contributed by atoms with Gasteiger partial charge < -0.3 is 10.4 Å². The van der Waals surface area contributed by atoms with Crippen molar-refractivity contribution in [1.29, 1.82) is 0 Å². The summed E-state index contributed by atoms with van der Waals surface area (Å²) < 4.78 is 37.2. The molecule has 0 saturated heterocycles. The van der Waals surface area contributed by atoms with E-state index < -0.39 is 17.8 Å². The summed E-state index contributed by atoms with van der Waals surface area (Å²) in [7, 11) is 0. The van der Waals surface area contributed by atoms with Gasteiger partial charge in [0.15, 0.2) is 0 Å². The Hall–Kier alpha value is -2.01. The van der Waals surface area contributed by atoms with Crippen molar-refractivity contribution in [3.05, 3.63) is 65.7 Å². The second-order valence-corrected chi connectivity index (χ2v) is 4.38. The Morgan fingerprint density at radius 1 is 0.950 bits per heavy atom. The molecule has 2 rings (SSSR count). The van der Waals surface area contributed by atoms with Gasteiger partial charge in [0.25, 0.3) is 0 Å². The Labute approximate surface area is 114 Å². The van der Waals surface area contributed by atoms with Gasteiger partial charge in [0.2, 0.25) is 0 Å². The summed E-state index contributed by atoms with van der Waals surface area (Å²) in [6.07, 6.45) is -5.04. The first-order chi connectivity index (χ1) is 9.47. The molecule has 2 aromatic carbocycles. The van der Waals surface area contributed by atoms with E-state index in [9.17, 15) is 18.3 Å². The molecule has 1 unspecified atom stereocenters. The predicted molar refractivity (Wildman–Crippen MR) is 71.3 cm³/mol. The zero-order valence-electron chi connectivity index (χ0n) is 10.6. The third-order valence-electron chi connectivity index (χ3n) is 2.90. The second-order valence-electron chi connectivity index (χ2n) is 4.38. The molecule has 5 heteroatoms. The number of hydrogen-bond donors (Lipinski definition) is 2. The molecular formula is C15H14F3NO. The van der Waals surface area contributed by atoms with Crippen LogP contribution in [0, 0.1) is 0 Å². The van der Waals surface area contributed by atoms with Crippen LogP contribution in [-0.4, -0.2) is 11.7 Å². The number of aliphatic hydroxyl groups excluding tert-OH is 1. The summed E-state index contributed by atoms with van der Waals surface area (Å²) in [6.45, 7) is 0.232. The lowest BCUT2D eigenvalue weighted by Crippen LogP contribution is -2.12. The summed E-state index contributed by atoms with van der Waals surface area (Å²) in [5.41, 5.74) is 0.603. The van der Waals surface area contributed by atoms with Gasteiger partial charge in [0, 0.05) is 12.2 Å². The molecule has 0 aliphatic heterocycles. The van der Waals surface area contributed by atoms with Crippen molar-refractivity contribution in [2.24, 2.45) is 0 Å². The van der Waals surface area contributed by atoms with Crippen molar-refractivity contribution < 1.29 is 18.3 Å². The highest BCUT2D eigenvalue weighted by Crippen LogP contribution is 2.29. The number of rotatable bonds is 4. The fourth-order valence-electron chi connectivity index (χ4n) is 1.78. The van der Waals surface area contributed by atoms with Gasteiger partial charge in [0.1, 0.15) is 0 Å². The van der Waals surface area contributed by atoms with Crippen LogP contribution in [0.2, 0.25) is 0 Å². The standard InChI is InChI=1S/C15H14F3NO/c16-15(17,18)12-6-8-13(9-7-12)19-10-14(20)11-4-2-1-3-5-11/h1-9,14,19-20H,10H2. The molecule has 0 spiro atoms. The first-order valence-corrected chi connectivity index (χ1v) is 6.11. The number of aliphatic hydroxyl groups is 1. The topological polar surface area (TPSA) is 32.3 Å². The number of halogens is 3. The van der Waals surface area contributed by atoms with E-state index in [-0.39, 0.29) is 6.54 Å². The quantitative estimate of drug-likeness (QED) is 0.892. The molecule has 2 nitrogen and oxygen atoms in total. The Balaban J connectivity index is 1.94. The number of hydrogen-bond acceptors (Lipinski definition) is 2. The molecule has 2 aromatic rings. The highest BCUT2D eigenvalue weighted by atomic mass is 19.4. The molecule has 0 aliphatic carbocycles. The average molecular weight is 281 g/mol. The summed E-state index contributed by atoms with van der Waals surface area (Å²) >= 11 is 0. The van der Waals surface area contributed by atoms with Crippen LogP contribution in [0.5, 0.6) is 0 Å². The van der Waals surface area contributed by atoms with Crippen LogP contribution in [0.1, 0.15) is 17.2 Å². The molecule has 1 atom stereocenters. The molecular weight excluding hydrogens is 267 g/mol. The maximum Gasteiger partial charge on any atom is 0.416 e. The number of benzene rings is 2. The van der Waals surface area contributed by atoms with Gasteiger partial charge >= 0.3 is 6.18 Å². The van der Waals surface area contributed by atoms with E-state index >= 15 is 0 Å². The monoisotopic (exact) mass is 281 g/mol. The molecule has 0 amide bonds. The minimum absolute atomic E-state index is 0.232. The molecule has 0 aromatic heterocycles. The maximum absolute atomic E-state index is 12.4. The van der Waals surface area contributed by atoms with Crippen LogP contribution >= 0.6 is 0 Å². The predicted octanol–water partition coefficient (Wildman–Crippen LogP) is 3.85. The van der Waals surface area contributed by atoms with Gasteiger partial charge in [-0.25, -0.2) is 0 Å². The third kappa shape index (κ3) is 3.74. The van der Waals surface area contributed by atoms with Crippen molar-refractivity contribution in [3.8, 4) is 0 Å². The molecule has 0 fully saturated rings. The lowest BCUT2D eigenvalue weighted by atomic mass is 10.1. The van der Waals surface area contributed by atoms with Crippen LogP contribution in [0.3, 0.4) is 0 Å². The number of anilines is 1. The van der Waals surface area contributed by atoms with Gasteiger partial charge in [-0.15, -0.1) is 0 Å². The van der Waals surface area contributed by atoms with Crippen molar-refractivity contribution in [2.75, 3.05) is 11.9 Å². The van der Waals surface area contributed by atoms with Crippen LogP contribution in [0.4, 0.5) is 18.9 Å². The molecule has 2 N–H and O–H groups in total. The lowest BCUT2D eigenvalue weighted by molar-refractivity contribution is -0.137. The van der Waals surface area contributed by atoms with Gasteiger partial charge in [-0.1, -0.05) is 30.3 Å². The summed E-state index contributed by atoms with van der Waals surface area (Å²) in [5.74, 6) is 0. The first-order valence-electron chi connectivity index (χ1n) is 6.11. The summed E-state index contributed by atoms with van der Waals surface area (Å²) in [6, 6.07) is 13.8. The number of alkyl halides is 3. The zero-order valence-corrected chi connectivity index (χ0v) is 10.6. The van der Waals surface area contributed by atoms with E-state index in [0.717, 1.165) is 17.7 Å². The van der Waals surface area contributed by atoms with Crippen LogP contribution < -0.4 is 5.32 Å². The van der Waals surface area contributed by atoms with Crippen molar-refractivity contribution in [1.82, 2.24) is 0 Å². The van der Waals surface area contributed by atoms with E-state index in [1.54, 1.807) is 12.1 Å². The normalized spacial score (nSPS) is 13.0. The molecule has 106 valence electrons. The zero-order chi connectivity index (χ0) is 14.6. The second kappa shape index (κ2) is 5.96. The molecule has 20 heavy (non-hydrogen) atoms. The highest BCUT2D eigenvalue weighted by Gasteiger charge is 2.29. The van der Waals surface area contributed by atoms with Gasteiger partial charge in [-0.3, -0.25) is 0 Å². The van der Waals surface area contributed by atoms with Crippen molar-refractivity contribution in [2.45, 2.75) is 12.3 Å². The maximum atomic E-state index is 12.4. The molecule has 0 radical (unpaired) electrons. The van der Waals surface area contributed by atoms with E-state index in [1.807, 2.05) is 18.2 Å². The van der Waals surface area contributed by atoms with E-state index in [4.69, 9.17) is 0 Å². The Bertz CT molecular complexity index is 537.